The van der Waals surface area contributed by atoms with Crippen LogP contribution in [0.4, 0.5) is 0 Å². The van der Waals surface area contributed by atoms with Crippen LogP contribution in [-0.4, -0.2) is 6.54 Å². The first-order valence-electron chi connectivity index (χ1n) is 4.48. The van der Waals surface area contributed by atoms with E-state index in [0.717, 1.165) is 13.0 Å². The summed E-state index contributed by atoms with van der Waals surface area (Å²) in [5.41, 5.74) is 0. The molecule has 0 saturated heterocycles. The third-order valence-corrected chi connectivity index (χ3v) is 2.94. The molecule has 0 radical (unpaired) electrons. The lowest BCUT2D eigenvalue weighted by Crippen LogP contribution is -2.18. The zero-order valence-electron chi connectivity index (χ0n) is 7.79. The topological polar surface area (TPSA) is 35.8 Å². The zero-order chi connectivity index (χ0) is 9.52. The molecule has 0 amide bonds. The van der Waals surface area contributed by atoms with Gasteiger partial charge in [-0.3, -0.25) is 0 Å². The first kappa shape index (κ1) is 10.2. The Bertz CT molecular complexity index is 261. The highest BCUT2D eigenvalue weighted by Gasteiger charge is 2.03. The molecule has 0 aliphatic carbocycles. The monoisotopic (exact) mass is 194 g/mol. The molecule has 0 fully saturated rings. The molecule has 2 nitrogen and oxygen atoms in total. The molecule has 0 aliphatic rings. The van der Waals surface area contributed by atoms with Gasteiger partial charge < -0.3 is 5.32 Å². The van der Waals surface area contributed by atoms with Gasteiger partial charge in [0, 0.05) is 17.3 Å². The van der Waals surface area contributed by atoms with Crippen LogP contribution < -0.4 is 5.32 Å². The first-order chi connectivity index (χ1) is 6.34. The van der Waals surface area contributed by atoms with E-state index in [1.807, 2.05) is 0 Å². The van der Waals surface area contributed by atoms with Gasteiger partial charge in [0.15, 0.2) is 0 Å². The Hall–Kier alpha value is -0.850. The van der Waals surface area contributed by atoms with Crippen LogP contribution in [-0.2, 0) is 0 Å². The molecule has 0 saturated carbocycles. The van der Waals surface area contributed by atoms with Crippen LogP contribution in [0.3, 0.4) is 0 Å². The maximum absolute atomic E-state index is 8.34. The Kier molecular flexibility index (Phi) is 4.52. The molecule has 1 unspecified atom stereocenters. The number of nitrogens with zero attached hydrogens (tertiary/aromatic N) is 1. The molecule has 0 bridgehead atoms. The van der Waals surface area contributed by atoms with E-state index in [4.69, 9.17) is 5.26 Å². The number of rotatable bonds is 5. The van der Waals surface area contributed by atoms with Crippen LogP contribution in [0, 0.1) is 11.3 Å². The van der Waals surface area contributed by atoms with Gasteiger partial charge in [-0.15, -0.1) is 11.3 Å². The Morgan fingerprint density at radius 3 is 3.15 bits per heavy atom. The van der Waals surface area contributed by atoms with Gasteiger partial charge in [-0.1, -0.05) is 6.07 Å². The van der Waals surface area contributed by atoms with E-state index < -0.39 is 0 Å². The zero-order valence-corrected chi connectivity index (χ0v) is 8.60. The van der Waals surface area contributed by atoms with E-state index in [1.165, 1.54) is 4.88 Å². The summed E-state index contributed by atoms with van der Waals surface area (Å²) in [7, 11) is 0. The van der Waals surface area contributed by atoms with Crippen LogP contribution >= 0.6 is 11.3 Å². The first-order valence-corrected chi connectivity index (χ1v) is 5.36. The number of nitriles is 1. The summed E-state index contributed by atoms with van der Waals surface area (Å²) < 4.78 is 0. The minimum Gasteiger partial charge on any atom is -0.309 e. The summed E-state index contributed by atoms with van der Waals surface area (Å²) in [5.74, 6) is 0. The molecular formula is C10H14N2S. The standard InChI is InChI=1S/C10H14N2S/c1-9(10-5-4-8-13-10)12-7-3-2-6-11/h4-5,8-9,12H,2-3,7H2,1H3. The smallest absolute Gasteiger partial charge is 0.0622 e. The van der Waals surface area contributed by atoms with Gasteiger partial charge in [0.25, 0.3) is 0 Å². The van der Waals surface area contributed by atoms with Crippen LogP contribution in [0.25, 0.3) is 0 Å². The second-order valence-electron chi connectivity index (χ2n) is 2.95. The Morgan fingerprint density at radius 2 is 2.54 bits per heavy atom. The lowest BCUT2D eigenvalue weighted by Gasteiger charge is -2.10. The Labute approximate surface area is 83.2 Å². The van der Waals surface area contributed by atoms with Crippen molar-refractivity contribution < 1.29 is 0 Å². The van der Waals surface area contributed by atoms with Gasteiger partial charge >= 0.3 is 0 Å². The van der Waals surface area contributed by atoms with Gasteiger partial charge in [-0.05, 0) is 31.3 Å². The van der Waals surface area contributed by atoms with Crippen LogP contribution in [0.5, 0.6) is 0 Å². The molecular weight excluding hydrogens is 180 g/mol. The highest BCUT2D eigenvalue weighted by atomic mass is 32.1. The normalized spacial score (nSPS) is 12.3. The highest BCUT2D eigenvalue weighted by molar-refractivity contribution is 7.10. The van der Waals surface area contributed by atoms with Gasteiger partial charge in [-0.25, -0.2) is 0 Å². The molecule has 1 heterocycles. The number of unbranched alkanes of at least 4 members (excludes halogenated alkanes) is 1. The molecule has 0 aromatic carbocycles. The third kappa shape index (κ3) is 3.58. The van der Waals surface area contributed by atoms with Crippen LogP contribution in [0.15, 0.2) is 17.5 Å². The minimum absolute atomic E-state index is 0.415. The molecule has 1 rings (SSSR count). The summed E-state index contributed by atoms with van der Waals surface area (Å²) in [6.07, 6.45) is 1.58. The lowest BCUT2D eigenvalue weighted by atomic mass is 10.2. The quantitative estimate of drug-likeness (QED) is 0.731. The van der Waals surface area contributed by atoms with Crippen molar-refractivity contribution in [2.45, 2.75) is 25.8 Å². The van der Waals surface area contributed by atoms with Gasteiger partial charge in [-0.2, -0.15) is 5.26 Å². The van der Waals surface area contributed by atoms with Crippen molar-refractivity contribution in [1.82, 2.24) is 5.32 Å². The summed E-state index contributed by atoms with van der Waals surface area (Å²) in [4.78, 5) is 1.36. The van der Waals surface area contributed by atoms with Crippen molar-refractivity contribution in [2.24, 2.45) is 0 Å². The number of nitrogens with one attached hydrogen (secondary N) is 1. The summed E-state index contributed by atoms with van der Waals surface area (Å²) in [6, 6.07) is 6.75. The average Bonchev–Trinajstić information content (AvgIpc) is 2.65. The highest BCUT2D eigenvalue weighted by Crippen LogP contribution is 2.17. The predicted molar refractivity (Wildman–Crippen MR) is 55.6 cm³/mol. The maximum atomic E-state index is 8.34. The van der Waals surface area contributed by atoms with Crippen molar-refractivity contribution in [3.8, 4) is 6.07 Å². The van der Waals surface area contributed by atoms with E-state index in [9.17, 15) is 0 Å². The average molecular weight is 194 g/mol. The second kappa shape index (κ2) is 5.74. The van der Waals surface area contributed by atoms with Crippen molar-refractivity contribution in [2.75, 3.05) is 6.54 Å². The number of hydrogen-bond acceptors (Lipinski definition) is 3. The number of thiophene rings is 1. The molecule has 1 N–H and O–H groups in total. The Balaban J connectivity index is 2.19. The molecule has 13 heavy (non-hydrogen) atoms. The molecule has 0 aliphatic heterocycles. The fourth-order valence-electron chi connectivity index (χ4n) is 1.12. The van der Waals surface area contributed by atoms with E-state index >= 15 is 0 Å². The summed E-state index contributed by atoms with van der Waals surface area (Å²) in [6.45, 7) is 3.07. The minimum atomic E-state index is 0.415. The summed E-state index contributed by atoms with van der Waals surface area (Å²) >= 11 is 1.77. The molecule has 70 valence electrons. The van der Waals surface area contributed by atoms with E-state index in [1.54, 1.807) is 11.3 Å². The van der Waals surface area contributed by atoms with E-state index in [2.05, 4.69) is 35.8 Å². The third-order valence-electron chi connectivity index (χ3n) is 1.89. The number of hydrogen-bond donors (Lipinski definition) is 1. The van der Waals surface area contributed by atoms with Crippen LogP contribution in [0.2, 0.25) is 0 Å². The van der Waals surface area contributed by atoms with Gasteiger partial charge in [0.05, 0.1) is 6.07 Å². The SMILES string of the molecule is CC(NCCCC#N)c1cccs1. The van der Waals surface area contributed by atoms with Crippen molar-refractivity contribution in [3.63, 3.8) is 0 Å². The fraction of sp³-hybridized carbons (Fsp3) is 0.500. The van der Waals surface area contributed by atoms with Gasteiger partial charge in [0.2, 0.25) is 0 Å². The van der Waals surface area contributed by atoms with Crippen molar-refractivity contribution >= 4 is 11.3 Å². The maximum Gasteiger partial charge on any atom is 0.0622 e. The summed E-state index contributed by atoms with van der Waals surface area (Å²) in [5, 5.41) is 13.8. The molecule has 1 aromatic rings. The molecule has 1 atom stereocenters. The second-order valence-corrected chi connectivity index (χ2v) is 3.93. The van der Waals surface area contributed by atoms with Gasteiger partial charge in [0.1, 0.15) is 0 Å². The fourth-order valence-corrected chi connectivity index (χ4v) is 1.88. The van der Waals surface area contributed by atoms with E-state index in [0.29, 0.717) is 12.5 Å². The molecule has 3 heteroatoms. The Morgan fingerprint density at radius 1 is 1.69 bits per heavy atom. The predicted octanol–water partition coefficient (Wildman–Crippen LogP) is 2.70. The van der Waals surface area contributed by atoms with Crippen molar-refractivity contribution in [1.29, 1.82) is 5.26 Å². The van der Waals surface area contributed by atoms with Crippen molar-refractivity contribution in [3.05, 3.63) is 22.4 Å². The molecule has 1 aromatic heterocycles. The molecule has 0 spiro atoms. The van der Waals surface area contributed by atoms with Crippen LogP contribution in [0.1, 0.15) is 30.7 Å². The lowest BCUT2D eigenvalue weighted by molar-refractivity contribution is 0.569. The largest absolute Gasteiger partial charge is 0.309 e. The van der Waals surface area contributed by atoms with E-state index in [-0.39, 0.29) is 0 Å².